The van der Waals surface area contributed by atoms with Crippen LogP contribution in [0.1, 0.15) is 24.0 Å². The Morgan fingerprint density at radius 2 is 1.90 bits per heavy atom. The third-order valence-corrected chi connectivity index (χ3v) is 3.30. The molecule has 0 unspecified atom stereocenters. The van der Waals surface area contributed by atoms with Crippen LogP contribution in [-0.4, -0.2) is 32.1 Å². The molecule has 1 aromatic rings. The summed E-state index contributed by atoms with van der Waals surface area (Å²) in [4.78, 5) is 11.5. The number of halogens is 1. The van der Waals surface area contributed by atoms with E-state index in [1.807, 2.05) is 26.0 Å². The number of amides is 1. The van der Waals surface area contributed by atoms with Crippen LogP contribution >= 0.6 is 12.4 Å². The quantitative estimate of drug-likeness (QED) is 0.724. The van der Waals surface area contributed by atoms with Crippen LogP contribution in [0.2, 0.25) is 0 Å². The van der Waals surface area contributed by atoms with Crippen molar-refractivity contribution in [3.05, 3.63) is 29.3 Å². The second-order valence-corrected chi connectivity index (χ2v) is 5.60. The maximum Gasteiger partial charge on any atom is 0.234 e. The van der Waals surface area contributed by atoms with Gasteiger partial charge in [-0.05, 0) is 62.4 Å². The summed E-state index contributed by atoms with van der Waals surface area (Å²) in [6.07, 6.45) is 2.61. The first kappa shape index (κ1) is 17.8. The van der Waals surface area contributed by atoms with Crippen LogP contribution in [0.15, 0.2) is 18.2 Å². The molecule has 0 spiro atoms. The number of hydrogen-bond acceptors (Lipinski definition) is 3. The smallest absolute Gasteiger partial charge is 0.234 e. The van der Waals surface area contributed by atoms with Gasteiger partial charge in [0.2, 0.25) is 5.91 Å². The predicted octanol–water partition coefficient (Wildman–Crippen LogP) is 2.22. The Bertz CT molecular complexity index is 441. The Kier molecular flexibility index (Phi) is 7.54. The van der Waals surface area contributed by atoms with Gasteiger partial charge in [-0.3, -0.25) is 4.79 Å². The molecule has 0 bridgehead atoms. The fraction of sp³-hybridized carbons (Fsp3) is 0.562. The van der Waals surface area contributed by atoms with Crippen LogP contribution in [0, 0.1) is 19.8 Å². The van der Waals surface area contributed by atoms with Gasteiger partial charge in [0.25, 0.3) is 0 Å². The van der Waals surface area contributed by atoms with E-state index in [0.29, 0.717) is 19.7 Å². The SMILES string of the molecule is Cc1cc(C)cc(OCCNC(=O)CNCC2CC2)c1.Cl. The highest BCUT2D eigenvalue weighted by Gasteiger charge is 2.20. The standard InChI is InChI=1S/C16H24N2O2.ClH/c1-12-7-13(2)9-15(8-12)20-6-5-18-16(19)11-17-10-14-3-4-14;/h7-9,14,17H,3-6,10-11H2,1-2H3,(H,18,19);1H. The topological polar surface area (TPSA) is 50.4 Å². The third kappa shape index (κ3) is 7.34. The summed E-state index contributed by atoms with van der Waals surface area (Å²) in [5, 5.41) is 6.02. The first-order valence-electron chi connectivity index (χ1n) is 7.32. The van der Waals surface area contributed by atoms with Gasteiger partial charge >= 0.3 is 0 Å². The molecule has 1 aliphatic carbocycles. The van der Waals surface area contributed by atoms with Crippen LogP contribution in [-0.2, 0) is 4.79 Å². The molecule has 0 heterocycles. The van der Waals surface area contributed by atoms with Crippen LogP contribution in [0.4, 0.5) is 0 Å². The second kappa shape index (κ2) is 8.90. The minimum Gasteiger partial charge on any atom is -0.492 e. The Morgan fingerprint density at radius 1 is 1.24 bits per heavy atom. The van der Waals surface area contributed by atoms with Crippen molar-refractivity contribution >= 4 is 18.3 Å². The Hall–Kier alpha value is -1.26. The number of rotatable bonds is 8. The molecule has 1 amide bonds. The van der Waals surface area contributed by atoms with E-state index in [1.54, 1.807) is 0 Å². The monoisotopic (exact) mass is 312 g/mol. The molecular formula is C16H25ClN2O2. The van der Waals surface area contributed by atoms with Gasteiger partial charge in [0, 0.05) is 0 Å². The van der Waals surface area contributed by atoms with E-state index < -0.39 is 0 Å². The first-order chi connectivity index (χ1) is 9.63. The van der Waals surface area contributed by atoms with Crippen molar-refractivity contribution in [1.82, 2.24) is 10.6 Å². The van der Waals surface area contributed by atoms with Crippen molar-refractivity contribution in [3.63, 3.8) is 0 Å². The van der Waals surface area contributed by atoms with Crippen molar-refractivity contribution in [2.75, 3.05) is 26.2 Å². The molecular weight excluding hydrogens is 288 g/mol. The Balaban J connectivity index is 0.00000220. The molecule has 118 valence electrons. The van der Waals surface area contributed by atoms with Crippen molar-refractivity contribution in [2.45, 2.75) is 26.7 Å². The van der Waals surface area contributed by atoms with Gasteiger partial charge in [0.15, 0.2) is 0 Å². The Morgan fingerprint density at radius 3 is 2.52 bits per heavy atom. The molecule has 0 aromatic heterocycles. The summed E-state index contributed by atoms with van der Waals surface area (Å²) in [6.45, 7) is 6.50. The van der Waals surface area contributed by atoms with Gasteiger partial charge in [-0.25, -0.2) is 0 Å². The molecule has 1 saturated carbocycles. The Labute approximate surface area is 133 Å². The summed E-state index contributed by atoms with van der Waals surface area (Å²) in [6, 6.07) is 6.12. The fourth-order valence-corrected chi connectivity index (χ4v) is 2.15. The maximum absolute atomic E-state index is 11.5. The van der Waals surface area contributed by atoms with E-state index in [2.05, 4.69) is 16.7 Å². The van der Waals surface area contributed by atoms with E-state index in [1.165, 1.54) is 24.0 Å². The number of aryl methyl sites for hydroxylation is 2. The summed E-state index contributed by atoms with van der Waals surface area (Å²) in [7, 11) is 0. The molecule has 1 fully saturated rings. The van der Waals surface area contributed by atoms with E-state index in [4.69, 9.17) is 4.74 Å². The number of benzene rings is 1. The molecule has 5 heteroatoms. The minimum atomic E-state index is 0. The predicted molar refractivity (Wildman–Crippen MR) is 87.3 cm³/mol. The highest BCUT2D eigenvalue weighted by Crippen LogP contribution is 2.27. The van der Waals surface area contributed by atoms with Crippen LogP contribution < -0.4 is 15.4 Å². The van der Waals surface area contributed by atoms with Crippen LogP contribution in [0.3, 0.4) is 0 Å². The fourth-order valence-electron chi connectivity index (χ4n) is 2.15. The van der Waals surface area contributed by atoms with Gasteiger partial charge in [0.05, 0.1) is 13.1 Å². The van der Waals surface area contributed by atoms with E-state index in [9.17, 15) is 4.79 Å². The molecule has 4 nitrogen and oxygen atoms in total. The molecule has 0 radical (unpaired) electrons. The lowest BCUT2D eigenvalue weighted by Gasteiger charge is -2.09. The van der Waals surface area contributed by atoms with Gasteiger partial charge in [0.1, 0.15) is 12.4 Å². The summed E-state index contributed by atoms with van der Waals surface area (Å²) < 4.78 is 5.64. The normalized spacial score (nSPS) is 13.4. The average Bonchev–Trinajstić information content (AvgIpc) is 3.17. The average molecular weight is 313 g/mol. The summed E-state index contributed by atoms with van der Waals surface area (Å²) >= 11 is 0. The number of carbonyl (C=O) groups excluding carboxylic acids is 1. The number of hydrogen-bond donors (Lipinski definition) is 2. The van der Waals surface area contributed by atoms with Gasteiger partial charge in [-0.15, -0.1) is 12.4 Å². The summed E-state index contributed by atoms with van der Waals surface area (Å²) in [5.74, 6) is 1.70. The largest absolute Gasteiger partial charge is 0.492 e. The molecule has 21 heavy (non-hydrogen) atoms. The molecule has 0 saturated heterocycles. The second-order valence-electron chi connectivity index (χ2n) is 5.60. The first-order valence-corrected chi connectivity index (χ1v) is 7.32. The molecule has 0 aliphatic heterocycles. The van der Waals surface area contributed by atoms with Crippen LogP contribution in [0.25, 0.3) is 0 Å². The third-order valence-electron chi connectivity index (χ3n) is 3.30. The molecule has 2 N–H and O–H groups in total. The lowest BCUT2D eigenvalue weighted by molar-refractivity contribution is -0.120. The molecule has 2 rings (SSSR count). The highest BCUT2D eigenvalue weighted by atomic mass is 35.5. The zero-order chi connectivity index (χ0) is 14.4. The van der Waals surface area contributed by atoms with Crippen molar-refractivity contribution < 1.29 is 9.53 Å². The maximum atomic E-state index is 11.5. The minimum absolute atomic E-state index is 0. The van der Waals surface area contributed by atoms with E-state index in [-0.39, 0.29) is 18.3 Å². The lowest BCUT2D eigenvalue weighted by Crippen LogP contribution is -2.36. The molecule has 0 atom stereocenters. The zero-order valence-corrected chi connectivity index (χ0v) is 13.6. The van der Waals surface area contributed by atoms with Gasteiger partial charge in [-0.2, -0.15) is 0 Å². The van der Waals surface area contributed by atoms with E-state index >= 15 is 0 Å². The van der Waals surface area contributed by atoms with Crippen LogP contribution in [0.5, 0.6) is 5.75 Å². The van der Waals surface area contributed by atoms with Gasteiger partial charge in [-0.1, -0.05) is 6.07 Å². The van der Waals surface area contributed by atoms with Gasteiger partial charge < -0.3 is 15.4 Å². The highest BCUT2D eigenvalue weighted by molar-refractivity contribution is 5.85. The number of carbonyl (C=O) groups is 1. The number of nitrogens with one attached hydrogen (secondary N) is 2. The lowest BCUT2D eigenvalue weighted by atomic mass is 10.1. The van der Waals surface area contributed by atoms with Crippen molar-refractivity contribution in [3.8, 4) is 5.75 Å². The number of ether oxygens (including phenoxy) is 1. The van der Waals surface area contributed by atoms with E-state index in [0.717, 1.165) is 18.2 Å². The van der Waals surface area contributed by atoms with Crippen molar-refractivity contribution in [2.24, 2.45) is 5.92 Å². The van der Waals surface area contributed by atoms with Crippen molar-refractivity contribution in [1.29, 1.82) is 0 Å². The summed E-state index contributed by atoms with van der Waals surface area (Å²) in [5.41, 5.74) is 2.38. The molecule has 1 aliphatic rings. The zero-order valence-electron chi connectivity index (χ0n) is 12.8. The molecule has 1 aromatic carbocycles.